The molecule has 5 nitrogen and oxygen atoms in total. The van der Waals surface area contributed by atoms with Gasteiger partial charge in [0.25, 0.3) is 5.91 Å². The minimum atomic E-state index is -1.05. The van der Waals surface area contributed by atoms with Crippen molar-refractivity contribution in [2.24, 2.45) is 0 Å². The molecule has 0 radical (unpaired) electrons. The van der Waals surface area contributed by atoms with Crippen LogP contribution in [0.4, 0.5) is 0 Å². The quantitative estimate of drug-likeness (QED) is 0.393. The third kappa shape index (κ3) is 3.85. The fourth-order valence-electron chi connectivity index (χ4n) is 6.26. The summed E-state index contributed by atoms with van der Waals surface area (Å²) in [5.41, 5.74) is 5.68. The average molecular weight is 492 g/mol. The van der Waals surface area contributed by atoms with Crippen molar-refractivity contribution in [3.8, 4) is 0 Å². The summed E-state index contributed by atoms with van der Waals surface area (Å²) in [6.07, 6.45) is 2.69. The monoisotopic (exact) mass is 491 g/mol. The fraction of sp³-hybridized carbons (Fsp3) is 0.312. The first kappa shape index (κ1) is 23.5. The van der Waals surface area contributed by atoms with Crippen LogP contribution in [-0.2, 0) is 28.0 Å². The zero-order valence-corrected chi connectivity index (χ0v) is 21.5. The Labute approximate surface area is 218 Å². The van der Waals surface area contributed by atoms with Gasteiger partial charge in [-0.2, -0.15) is 0 Å². The number of amides is 2. The van der Waals surface area contributed by atoms with E-state index in [1.807, 2.05) is 42.2 Å². The Morgan fingerprint density at radius 2 is 1.65 bits per heavy atom. The smallest absolute Gasteiger partial charge is 0.254 e. The van der Waals surface area contributed by atoms with Crippen molar-refractivity contribution in [2.45, 2.75) is 44.6 Å². The second kappa shape index (κ2) is 9.22. The Hall–Kier alpha value is -3.86. The number of para-hydroxylation sites is 1. The number of rotatable bonds is 6. The minimum absolute atomic E-state index is 0.00603. The number of nitrogens with one attached hydrogen (secondary N) is 1. The summed E-state index contributed by atoms with van der Waals surface area (Å²) in [4.78, 5) is 35.0. The second-order valence-electron chi connectivity index (χ2n) is 10.5. The molecule has 188 valence electrons. The maximum absolute atomic E-state index is 14.1. The molecule has 2 unspecified atom stereocenters. The van der Waals surface area contributed by atoms with Crippen LogP contribution in [0.25, 0.3) is 10.9 Å². The number of hydrogen-bond acceptors (Lipinski definition) is 2. The molecular weight excluding hydrogens is 458 g/mol. The van der Waals surface area contributed by atoms with Gasteiger partial charge in [-0.3, -0.25) is 9.59 Å². The maximum Gasteiger partial charge on any atom is 0.254 e. The molecule has 0 saturated carbocycles. The fourth-order valence-corrected chi connectivity index (χ4v) is 6.26. The molecule has 37 heavy (non-hydrogen) atoms. The molecule has 2 aliphatic rings. The number of aromatic nitrogens is 1. The molecular formula is C32H33N3O2. The van der Waals surface area contributed by atoms with Crippen molar-refractivity contribution in [1.29, 1.82) is 0 Å². The van der Waals surface area contributed by atoms with Crippen LogP contribution >= 0.6 is 0 Å². The number of fused-ring (bicyclic) bond motifs is 5. The minimum Gasteiger partial charge on any atom is -0.356 e. The summed E-state index contributed by atoms with van der Waals surface area (Å²) < 4.78 is 0. The van der Waals surface area contributed by atoms with E-state index in [2.05, 4.69) is 60.4 Å². The van der Waals surface area contributed by atoms with Gasteiger partial charge in [-0.1, -0.05) is 79.7 Å². The van der Waals surface area contributed by atoms with Crippen LogP contribution in [0.5, 0.6) is 0 Å². The predicted molar refractivity (Wildman–Crippen MR) is 146 cm³/mol. The van der Waals surface area contributed by atoms with E-state index in [-0.39, 0.29) is 24.3 Å². The van der Waals surface area contributed by atoms with Crippen molar-refractivity contribution < 1.29 is 9.59 Å². The van der Waals surface area contributed by atoms with Gasteiger partial charge in [0.05, 0.1) is 12.2 Å². The molecule has 6 rings (SSSR count). The summed E-state index contributed by atoms with van der Waals surface area (Å²) in [5, 5.41) is 1.13. The summed E-state index contributed by atoms with van der Waals surface area (Å²) in [7, 11) is 0. The summed E-state index contributed by atoms with van der Waals surface area (Å²) in [5.74, 6) is 0.0283. The highest BCUT2D eigenvalue weighted by molar-refractivity contribution is 6.01. The lowest BCUT2D eigenvalue weighted by molar-refractivity contribution is -0.166. The highest BCUT2D eigenvalue weighted by Gasteiger charge is 2.56. The van der Waals surface area contributed by atoms with Gasteiger partial charge < -0.3 is 14.8 Å². The molecule has 3 aromatic carbocycles. The third-order valence-corrected chi connectivity index (χ3v) is 8.34. The number of benzene rings is 3. The van der Waals surface area contributed by atoms with Crippen molar-refractivity contribution in [2.75, 3.05) is 19.6 Å². The normalized spacial score (nSPS) is 21.3. The first-order chi connectivity index (χ1) is 18.0. The molecule has 1 saturated heterocycles. The van der Waals surface area contributed by atoms with Crippen LogP contribution in [-0.4, -0.2) is 46.2 Å². The molecule has 2 amide bonds. The van der Waals surface area contributed by atoms with E-state index in [0.29, 0.717) is 13.1 Å². The Morgan fingerprint density at radius 3 is 2.41 bits per heavy atom. The molecule has 0 aliphatic carbocycles. The van der Waals surface area contributed by atoms with E-state index in [1.165, 1.54) is 16.7 Å². The highest BCUT2D eigenvalue weighted by atomic mass is 16.2. The predicted octanol–water partition coefficient (Wildman–Crippen LogP) is 5.39. The maximum atomic E-state index is 14.1. The topological polar surface area (TPSA) is 56.4 Å². The van der Waals surface area contributed by atoms with Crippen LogP contribution in [0.2, 0.25) is 0 Å². The number of piperazine rings is 1. The number of H-pyrrole nitrogens is 1. The van der Waals surface area contributed by atoms with Crippen molar-refractivity contribution in [3.05, 3.63) is 107 Å². The molecule has 1 fully saturated rings. The van der Waals surface area contributed by atoms with Crippen molar-refractivity contribution in [1.82, 2.24) is 14.8 Å². The molecule has 1 N–H and O–H groups in total. The number of aromatic amines is 1. The van der Waals surface area contributed by atoms with Gasteiger partial charge in [0, 0.05) is 29.9 Å². The lowest BCUT2D eigenvalue weighted by Gasteiger charge is -2.51. The van der Waals surface area contributed by atoms with Crippen LogP contribution in [0.15, 0.2) is 78.9 Å². The van der Waals surface area contributed by atoms with E-state index in [1.54, 1.807) is 4.90 Å². The van der Waals surface area contributed by atoms with Gasteiger partial charge in [0.15, 0.2) is 5.54 Å². The zero-order chi connectivity index (χ0) is 25.6. The average Bonchev–Trinajstić information content (AvgIpc) is 3.33. The Balaban J connectivity index is 1.39. The van der Waals surface area contributed by atoms with Crippen molar-refractivity contribution in [3.63, 3.8) is 0 Å². The molecule has 1 aromatic heterocycles. The Morgan fingerprint density at radius 1 is 0.919 bits per heavy atom. The number of aryl methyl sites for hydroxylation is 2. The van der Waals surface area contributed by atoms with Crippen LogP contribution in [0, 0.1) is 0 Å². The molecule has 0 spiro atoms. The summed E-state index contributed by atoms with van der Waals surface area (Å²) in [6.45, 7) is 5.30. The largest absolute Gasteiger partial charge is 0.356 e. The highest BCUT2D eigenvalue weighted by Crippen LogP contribution is 2.48. The van der Waals surface area contributed by atoms with Crippen molar-refractivity contribution >= 4 is 22.7 Å². The molecule has 4 aromatic rings. The van der Waals surface area contributed by atoms with Crippen LogP contribution in [0.3, 0.4) is 0 Å². The number of carbonyl (C=O) groups is 2. The van der Waals surface area contributed by atoms with Gasteiger partial charge in [-0.15, -0.1) is 0 Å². The van der Waals surface area contributed by atoms with Gasteiger partial charge in [0.2, 0.25) is 5.91 Å². The lowest BCUT2D eigenvalue weighted by atomic mass is 9.76. The Bertz CT molecular complexity index is 1460. The van der Waals surface area contributed by atoms with Crippen LogP contribution in [0.1, 0.15) is 54.1 Å². The van der Waals surface area contributed by atoms with Crippen LogP contribution < -0.4 is 0 Å². The molecule has 0 bridgehead atoms. The van der Waals surface area contributed by atoms with Gasteiger partial charge in [-0.25, -0.2) is 0 Å². The first-order valence-electron chi connectivity index (χ1n) is 13.3. The van der Waals surface area contributed by atoms with E-state index in [4.69, 9.17) is 0 Å². The van der Waals surface area contributed by atoms with E-state index >= 15 is 0 Å². The van der Waals surface area contributed by atoms with Gasteiger partial charge >= 0.3 is 0 Å². The summed E-state index contributed by atoms with van der Waals surface area (Å²) in [6, 6.07) is 27.3. The standard InChI is InChI=1S/C32H33N3O2/c1-3-22-15-17-24(18-16-22)26-20-35-28(36)21-34(19-9-12-23-10-5-4-6-11-23)31(37)32(35,2)30-29(26)25-13-7-8-14-27(25)33-30/h4-8,10-11,13-18,26,33H,3,9,12,19-21H2,1-2H3. The first-order valence-corrected chi connectivity index (χ1v) is 13.3. The Kier molecular flexibility index (Phi) is 5.86. The van der Waals surface area contributed by atoms with E-state index in [9.17, 15) is 9.59 Å². The lowest BCUT2D eigenvalue weighted by Crippen LogP contribution is -2.67. The number of carbonyl (C=O) groups excluding carboxylic acids is 2. The third-order valence-electron chi connectivity index (χ3n) is 8.34. The molecule has 3 heterocycles. The second-order valence-corrected chi connectivity index (χ2v) is 10.5. The number of hydrogen-bond donors (Lipinski definition) is 1. The molecule has 2 aliphatic heterocycles. The molecule has 5 heteroatoms. The van der Waals surface area contributed by atoms with E-state index < -0.39 is 5.54 Å². The van der Waals surface area contributed by atoms with Gasteiger partial charge in [-0.05, 0) is 54.5 Å². The molecule has 2 atom stereocenters. The van der Waals surface area contributed by atoms with E-state index in [0.717, 1.165) is 41.4 Å². The summed E-state index contributed by atoms with van der Waals surface area (Å²) >= 11 is 0. The SMILES string of the molecule is CCc1ccc(C2CN3C(=O)CN(CCCc4ccccc4)C(=O)C3(C)c3[nH]c4ccccc4c32)cc1. The zero-order valence-electron chi connectivity index (χ0n) is 21.5. The number of nitrogens with zero attached hydrogens (tertiary/aromatic N) is 2. The van der Waals surface area contributed by atoms with Gasteiger partial charge in [0.1, 0.15) is 0 Å².